The zero-order chi connectivity index (χ0) is 18.6. The van der Waals surface area contributed by atoms with E-state index >= 15 is 0 Å². The number of rotatable bonds is 5. The van der Waals surface area contributed by atoms with Gasteiger partial charge in [0.1, 0.15) is 5.82 Å². The topological polar surface area (TPSA) is 82.3 Å². The van der Waals surface area contributed by atoms with Gasteiger partial charge in [-0.15, -0.1) is 0 Å². The molecule has 144 valence electrons. The summed E-state index contributed by atoms with van der Waals surface area (Å²) in [7, 11) is 0. The molecule has 1 saturated heterocycles. The molecule has 1 fully saturated rings. The van der Waals surface area contributed by atoms with Crippen LogP contribution in [-0.4, -0.2) is 60.4 Å². The van der Waals surface area contributed by atoms with Crippen LogP contribution in [0.15, 0.2) is 24.3 Å². The Balaban J connectivity index is 1.49. The van der Waals surface area contributed by atoms with Crippen molar-refractivity contribution in [1.29, 1.82) is 0 Å². The second-order valence-corrected chi connectivity index (χ2v) is 6.89. The van der Waals surface area contributed by atoms with Gasteiger partial charge in [0.25, 0.3) is 5.91 Å². The van der Waals surface area contributed by atoms with Gasteiger partial charge in [-0.2, -0.15) is 5.10 Å². The molecule has 3 N–H and O–H groups in total. The van der Waals surface area contributed by atoms with Gasteiger partial charge >= 0.3 is 0 Å². The molecule has 1 aromatic heterocycles. The quantitative estimate of drug-likeness (QED) is 0.728. The number of aromatic amines is 1. The van der Waals surface area contributed by atoms with E-state index in [-0.39, 0.29) is 17.8 Å². The highest BCUT2D eigenvalue weighted by molar-refractivity contribution is 5.94. The number of fused-ring (bicyclic) bond motifs is 1. The fraction of sp³-hybridized carbons (Fsp3) is 0.474. The van der Waals surface area contributed by atoms with Gasteiger partial charge in [-0.05, 0) is 17.7 Å². The van der Waals surface area contributed by atoms with Gasteiger partial charge in [0.2, 0.25) is 0 Å². The van der Waals surface area contributed by atoms with Crippen LogP contribution in [0, 0.1) is 5.82 Å². The molecule has 2 aromatic rings. The molecule has 27 heavy (non-hydrogen) atoms. The molecule has 2 aliphatic heterocycles. The third-order valence-corrected chi connectivity index (χ3v) is 5.20. The summed E-state index contributed by atoms with van der Waals surface area (Å²) in [5, 5.41) is 13.4. The molecule has 0 saturated carbocycles. The van der Waals surface area contributed by atoms with E-state index in [0.29, 0.717) is 32.0 Å². The Bertz CT molecular complexity index is 803. The third-order valence-electron chi connectivity index (χ3n) is 5.20. The summed E-state index contributed by atoms with van der Waals surface area (Å²) >= 11 is 0. The summed E-state index contributed by atoms with van der Waals surface area (Å²) in [6.07, 6.45) is 0.843. The number of amides is 1. The second kappa shape index (κ2) is 8.16. The first kappa shape index (κ1) is 18.1. The lowest BCUT2D eigenvalue weighted by molar-refractivity contribution is 0.0161. The maximum absolute atomic E-state index is 13.8. The van der Waals surface area contributed by atoms with E-state index in [1.807, 2.05) is 6.07 Å². The fourth-order valence-corrected chi connectivity index (χ4v) is 3.75. The molecule has 0 bridgehead atoms. The number of halogens is 1. The van der Waals surface area contributed by atoms with Crippen LogP contribution in [0.25, 0.3) is 0 Å². The predicted molar refractivity (Wildman–Crippen MR) is 97.9 cm³/mol. The Labute approximate surface area is 157 Å². The van der Waals surface area contributed by atoms with Crippen molar-refractivity contribution < 1.29 is 13.9 Å². The van der Waals surface area contributed by atoms with E-state index in [9.17, 15) is 9.18 Å². The average Bonchev–Trinajstić information content (AvgIpc) is 3.13. The molecule has 1 unspecified atom stereocenters. The molecule has 4 rings (SSSR count). The second-order valence-electron chi connectivity index (χ2n) is 6.89. The molecular formula is C19H24FN5O2. The Kier molecular flexibility index (Phi) is 5.47. The number of carbonyl (C=O) groups is 1. The van der Waals surface area contributed by atoms with Crippen molar-refractivity contribution in [3.63, 3.8) is 0 Å². The zero-order valence-electron chi connectivity index (χ0n) is 15.1. The molecule has 0 radical (unpaired) electrons. The number of nitrogens with one attached hydrogen (secondary N) is 3. The predicted octanol–water partition coefficient (Wildman–Crippen LogP) is 0.998. The molecule has 3 heterocycles. The average molecular weight is 373 g/mol. The maximum Gasteiger partial charge on any atom is 0.272 e. The van der Waals surface area contributed by atoms with Gasteiger partial charge in [0.05, 0.1) is 19.3 Å². The molecule has 2 aliphatic rings. The van der Waals surface area contributed by atoms with Crippen LogP contribution in [0.5, 0.6) is 0 Å². The lowest BCUT2D eigenvalue weighted by Gasteiger charge is -2.34. The van der Waals surface area contributed by atoms with Crippen molar-refractivity contribution in [2.45, 2.75) is 19.0 Å². The van der Waals surface area contributed by atoms with Crippen LogP contribution in [0.2, 0.25) is 0 Å². The minimum atomic E-state index is -0.274. The number of H-pyrrole nitrogens is 1. The number of aromatic nitrogens is 2. The minimum Gasteiger partial charge on any atom is -0.379 e. The van der Waals surface area contributed by atoms with E-state index < -0.39 is 0 Å². The summed E-state index contributed by atoms with van der Waals surface area (Å²) in [4.78, 5) is 14.9. The van der Waals surface area contributed by atoms with Crippen LogP contribution in [0.1, 0.15) is 33.4 Å². The van der Waals surface area contributed by atoms with Crippen LogP contribution in [-0.2, 0) is 17.7 Å². The van der Waals surface area contributed by atoms with Crippen LogP contribution in [0.4, 0.5) is 4.39 Å². The first-order chi connectivity index (χ1) is 13.2. The lowest BCUT2D eigenvalue weighted by atomic mass is 10.0. The lowest BCUT2D eigenvalue weighted by Crippen LogP contribution is -2.44. The van der Waals surface area contributed by atoms with Crippen molar-refractivity contribution in [3.8, 4) is 0 Å². The van der Waals surface area contributed by atoms with E-state index in [1.54, 1.807) is 6.07 Å². The van der Waals surface area contributed by atoms with Crippen LogP contribution < -0.4 is 10.6 Å². The van der Waals surface area contributed by atoms with Gasteiger partial charge in [-0.3, -0.25) is 14.8 Å². The van der Waals surface area contributed by atoms with Gasteiger partial charge in [0, 0.05) is 50.4 Å². The number of nitrogens with zero attached hydrogens (tertiary/aromatic N) is 2. The minimum absolute atomic E-state index is 0.110. The van der Waals surface area contributed by atoms with Gasteiger partial charge in [-0.1, -0.05) is 12.1 Å². The molecule has 0 spiro atoms. The molecule has 0 aliphatic carbocycles. The van der Waals surface area contributed by atoms with Crippen molar-refractivity contribution >= 4 is 5.91 Å². The summed E-state index contributed by atoms with van der Waals surface area (Å²) in [5.41, 5.74) is 3.25. The standard InChI is InChI=1S/C19H24FN5O2/c20-14-3-1-2-13(10-14)17(25-6-8-27-9-7-25)12-22-19(26)18-15-11-21-5-4-16(15)23-24-18/h1-3,10,17,21H,4-9,11-12H2,(H,22,26)(H,23,24). The van der Waals surface area contributed by atoms with Crippen molar-refractivity contribution in [3.05, 3.63) is 52.6 Å². The number of hydrogen-bond donors (Lipinski definition) is 3. The number of morpholine rings is 1. The van der Waals surface area contributed by atoms with E-state index in [4.69, 9.17) is 4.74 Å². The molecule has 1 atom stereocenters. The normalized spacial score (nSPS) is 18.7. The largest absolute Gasteiger partial charge is 0.379 e. The Hall–Kier alpha value is -2.29. The number of ether oxygens (including phenoxy) is 1. The molecule has 1 aromatic carbocycles. The first-order valence-electron chi connectivity index (χ1n) is 9.34. The van der Waals surface area contributed by atoms with E-state index in [2.05, 4.69) is 25.7 Å². The van der Waals surface area contributed by atoms with Crippen molar-refractivity contribution in [1.82, 2.24) is 25.7 Å². The fourth-order valence-electron chi connectivity index (χ4n) is 3.75. The highest BCUT2D eigenvalue weighted by atomic mass is 19.1. The van der Waals surface area contributed by atoms with Gasteiger partial charge < -0.3 is 15.4 Å². The number of hydrogen-bond acceptors (Lipinski definition) is 5. The first-order valence-corrected chi connectivity index (χ1v) is 9.34. The number of carbonyl (C=O) groups excluding carboxylic acids is 1. The number of benzene rings is 1. The van der Waals surface area contributed by atoms with Gasteiger partial charge in [0.15, 0.2) is 5.69 Å². The Morgan fingerprint density at radius 2 is 2.22 bits per heavy atom. The SMILES string of the molecule is O=C(NCC(c1cccc(F)c1)N1CCOCC1)c1n[nH]c2c1CNCC2. The van der Waals surface area contributed by atoms with Crippen LogP contribution >= 0.6 is 0 Å². The summed E-state index contributed by atoms with van der Waals surface area (Å²) in [6, 6.07) is 6.46. The monoisotopic (exact) mass is 373 g/mol. The molecule has 7 nitrogen and oxygen atoms in total. The Morgan fingerprint density at radius 3 is 3.04 bits per heavy atom. The summed E-state index contributed by atoms with van der Waals surface area (Å²) in [5.74, 6) is -0.476. The van der Waals surface area contributed by atoms with Crippen LogP contribution in [0.3, 0.4) is 0 Å². The maximum atomic E-state index is 13.8. The summed E-state index contributed by atoms with van der Waals surface area (Å²) in [6.45, 7) is 4.69. The highest BCUT2D eigenvalue weighted by Crippen LogP contribution is 2.22. The third kappa shape index (κ3) is 4.02. The van der Waals surface area contributed by atoms with E-state index in [0.717, 1.165) is 42.9 Å². The van der Waals surface area contributed by atoms with Crippen molar-refractivity contribution in [2.75, 3.05) is 39.4 Å². The summed E-state index contributed by atoms with van der Waals surface area (Å²) < 4.78 is 19.2. The molecule has 1 amide bonds. The van der Waals surface area contributed by atoms with Crippen molar-refractivity contribution in [2.24, 2.45) is 0 Å². The zero-order valence-corrected chi connectivity index (χ0v) is 15.1. The molecule has 8 heteroatoms. The smallest absolute Gasteiger partial charge is 0.272 e. The molecular weight excluding hydrogens is 349 g/mol. The van der Waals surface area contributed by atoms with Gasteiger partial charge in [-0.25, -0.2) is 4.39 Å². The highest BCUT2D eigenvalue weighted by Gasteiger charge is 2.26. The Morgan fingerprint density at radius 1 is 1.37 bits per heavy atom. The van der Waals surface area contributed by atoms with E-state index in [1.165, 1.54) is 12.1 Å².